The second-order valence-corrected chi connectivity index (χ2v) is 8.80. The first-order valence-corrected chi connectivity index (χ1v) is 10.5. The van der Waals surface area contributed by atoms with Crippen molar-refractivity contribution >= 4 is 44.6 Å². The fourth-order valence-corrected chi connectivity index (χ4v) is 4.87. The van der Waals surface area contributed by atoms with E-state index in [1.165, 1.54) is 22.7 Å². The normalized spacial score (nSPS) is 11.4. The number of hydrogen-bond donors (Lipinski definition) is 2. The maximum atomic E-state index is 12.7. The molecule has 1 amide bonds. The van der Waals surface area contributed by atoms with Crippen molar-refractivity contribution in [3.63, 3.8) is 0 Å². The van der Waals surface area contributed by atoms with Crippen LogP contribution >= 0.6 is 22.7 Å². The monoisotopic (exact) mass is 396 g/mol. The number of para-hydroxylation sites is 1. The molecule has 0 aliphatic carbocycles. The summed E-state index contributed by atoms with van der Waals surface area (Å²) in [6.07, 6.45) is 2.84. The van der Waals surface area contributed by atoms with E-state index in [1.54, 1.807) is 0 Å². The fourth-order valence-electron chi connectivity index (χ4n) is 2.99. The summed E-state index contributed by atoms with van der Waals surface area (Å²) in [4.78, 5) is 25.7. The largest absolute Gasteiger partial charge is 0.360 e. The number of carbonyl (C=O) groups is 1. The van der Waals surface area contributed by atoms with Crippen LogP contribution in [0.3, 0.4) is 0 Å². The zero-order valence-electron chi connectivity index (χ0n) is 15.4. The second kappa shape index (κ2) is 7.25. The zero-order valence-corrected chi connectivity index (χ0v) is 17.0. The molecule has 0 fully saturated rings. The van der Waals surface area contributed by atoms with Crippen LogP contribution in [0.2, 0.25) is 0 Å². The summed E-state index contributed by atoms with van der Waals surface area (Å²) in [5, 5.41) is 7.62. The molecule has 0 atom stereocenters. The Hall–Kier alpha value is -2.51. The van der Waals surface area contributed by atoms with Gasteiger partial charge in [-0.2, -0.15) is 0 Å². The molecule has 0 aliphatic rings. The van der Waals surface area contributed by atoms with Gasteiger partial charge in [-0.1, -0.05) is 32.0 Å². The molecule has 3 aromatic heterocycles. The molecule has 1 aromatic carbocycles. The summed E-state index contributed by atoms with van der Waals surface area (Å²) in [5.41, 5.74) is 3.75. The molecule has 138 valence electrons. The van der Waals surface area contributed by atoms with Crippen LogP contribution in [0.1, 0.15) is 34.2 Å². The van der Waals surface area contributed by atoms with E-state index in [9.17, 15) is 4.79 Å². The van der Waals surface area contributed by atoms with Crippen LogP contribution in [0.5, 0.6) is 0 Å². The SMILES string of the molecule is Cc1nc(CC(C)C)sc1C(=O)Nc1nc(-c2c[nH]c3ccccc23)cs1. The van der Waals surface area contributed by atoms with Gasteiger partial charge in [0.15, 0.2) is 5.13 Å². The minimum Gasteiger partial charge on any atom is -0.360 e. The maximum absolute atomic E-state index is 12.7. The van der Waals surface area contributed by atoms with E-state index in [4.69, 9.17) is 0 Å². The number of thiazole rings is 2. The van der Waals surface area contributed by atoms with Gasteiger partial charge in [-0.25, -0.2) is 9.97 Å². The minimum atomic E-state index is -0.139. The number of carbonyl (C=O) groups excluding carboxylic acids is 1. The first kappa shape index (κ1) is 17.9. The van der Waals surface area contributed by atoms with E-state index in [0.717, 1.165) is 39.3 Å². The number of rotatable bonds is 5. The number of amides is 1. The number of benzene rings is 1. The van der Waals surface area contributed by atoms with Gasteiger partial charge in [0.05, 0.1) is 16.4 Å². The Bertz CT molecular complexity index is 1110. The van der Waals surface area contributed by atoms with Gasteiger partial charge in [0, 0.05) is 34.5 Å². The number of aryl methyl sites for hydroxylation is 1. The Kier molecular flexibility index (Phi) is 4.80. The third kappa shape index (κ3) is 3.65. The Morgan fingerprint density at radius 3 is 2.89 bits per heavy atom. The quantitative estimate of drug-likeness (QED) is 0.467. The van der Waals surface area contributed by atoms with Crippen molar-refractivity contribution in [2.24, 2.45) is 5.92 Å². The Labute approximate surface area is 165 Å². The van der Waals surface area contributed by atoms with Crippen molar-refractivity contribution < 1.29 is 4.79 Å². The molecule has 0 aliphatic heterocycles. The van der Waals surface area contributed by atoms with Gasteiger partial charge < -0.3 is 4.98 Å². The van der Waals surface area contributed by atoms with Crippen molar-refractivity contribution in [3.05, 3.63) is 51.4 Å². The highest BCUT2D eigenvalue weighted by Crippen LogP contribution is 2.31. The first-order valence-electron chi connectivity index (χ1n) is 8.81. The summed E-state index contributed by atoms with van der Waals surface area (Å²) in [6, 6.07) is 8.11. The molecule has 0 spiro atoms. The van der Waals surface area contributed by atoms with Crippen LogP contribution in [0, 0.1) is 12.8 Å². The van der Waals surface area contributed by atoms with Gasteiger partial charge in [0.1, 0.15) is 4.88 Å². The first-order chi connectivity index (χ1) is 13.0. The van der Waals surface area contributed by atoms with Crippen molar-refractivity contribution in [2.45, 2.75) is 27.2 Å². The van der Waals surface area contributed by atoms with Gasteiger partial charge >= 0.3 is 0 Å². The predicted octanol–water partition coefficient (Wildman–Crippen LogP) is 5.51. The molecular weight excluding hydrogens is 376 g/mol. The number of hydrogen-bond acceptors (Lipinski definition) is 5. The van der Waals surface area contributed by atoms with Gasteiger partial charge in [-0.3, -0.25) is 10.1 Å². The summed E-state index contributed by atoms with van der Waals surface area (Å²) >= 11 is 2.90. The lowest BCUT2D eigenvalue weighted by Gasteiger charge is -2.00. The third-order valence-electron chi connectivity index (χ3n) is 4.22. The molecule has 0 saturated heterocycles. The van der Waals surface area contributed by atoms with Gasteiger partial charge in [-0.15, -0.1) is 22.7 Å². The molecule has 4 aromatic rings. The molecule has 0 saturated carbocycles. The molecule has 5 nitrogen and oxygen atoms in total. The molecule has 0 bridgehead atoms. The van der Waals surface area contributed by atoms with Crippen molar-refractivity contribution in [1.82, 2.24) is 15.0 Å². The van der Waals surface area contributed by atoms with Crippen LogP contribution in [-0.4, -0.2) is 20.9 Å². The van der Waals surface area contributed by atoms with Gasteiger partial charge in [-0.05, 0) is 18.9 Å². The number of aromatic nitrogens is 3. The number of aromatic amines is 1. The standard InChI is InChI=1S/C20H20N4OS2/c1-11(2)8-17-22-12(3)18(27-17)19(25)24-20-23-16(10-26-20)14-9-21-15-7-5-4-6-13(14)15/h4-7,9-11,21H,8H2,1-3H3,(H,23,24,25). The lowest BCUT2D eigenvalue weighted by atomic mass is 10.1. The van der Waals surface area contributed by atoms with E-state index in [-0.39, 0.29) is 5.91 Å². The number of H-pyrrole nitrogens is 1. The second-order valence-electron chi connectivity index (χ2n) is 6.86. The highest BCUT2D eigenvalue weighted by Gasteiger charge is 2.18. The molecule has 27 heavy (non-hydrogen) atoms. The fraction of sp³-hybridized carbons (Fsp3) is 0.250. The Balaban J connectivity index is 1.54. The topological polar surface area (TPSA) is 70.7 Å². The summed E-state index contributed by atoms with van der Waals surface area (Å²) in [5.74, 6) is 0.379. The third-order valence-corrected chi connectivity index (χ3v) is 6.16. The number of nitrogens with one attached hydrogen (secondary N) is 2. The van der Waals surface area contributed by atoms with E-state index in [1.807, 2.05) is 36.7 Å². The van der Waals surface area contributed by atoms with Crippen LogP contribution in [0.15, 0.2) is 35.8 Å². The molecule has 0 unspecified atom stereocenters. The average Bonchev–Trinajstić information content (AvgIpc) is 3.32. The smallest absolute Gasteiger partial charge is 0.269 e. The number of fused-ring (bicyclic) bond motifs is 1. The number of anilines is 1. The molecule has 7 heteroatoms. The lowest BCUT2D eigenvalue weighted by Crippen LogP contribution is -2.11. The van der Waals surface area contributed by atoms with Crippen molar-refractivity contribution in [2.75, 3.05) is 5.32 Å². The highest BCUT2D eigenvalue weighted by atomic mass is 32.1. The molecule has 4 rings (SSSR count). The lowest BCUT2D eigenvalue weighted by molar-refractivity contribution is 0.103. The maximum Gasteiger partial charge on any atom is 0.269 e. The summed E-state index contributed by atoms with van der Waals surface area (Å²) in [6.45, 7) is 6.19. The average molecular weight is 397 g/mol. The Morgan fingerprint density at radius 1 is 1.26 bits per heavy atom. The summed E-state index contributed by atoms with van der Waals surface area (Å²) < 4.78 is 0. The van der Waals surface area contributed by atoms with Crippen molar-refractivity contribution in [3.8, 4) is 11.3 Å². The van der Waals surface area contributed by atoms with E-state index < -0.39 is 0 Å². The van der Waals surface area contributed by atoms with Crippen LogP contribution in [0.25, 0.3) is 22.2 Å². The summed E-state index contributed by atoms with van der Waals surface area (Å²) in [7, 11) is 0. The van der Waals surface area contributed by atoms with E-state index in [0.29, 0.717) is 15.9 Å². The highest BCUT2D eigenvalue weighted by molar-refractivity contribution is 7.15. The van der Waals surface area contributed by atoms with Crippen LogP contribution < -0.4 is 5.32 Å². The van der Waals surface area contributed by atoms with Crippen molar-refractivity contribution in [1.29, 1.82) is 0 Å². The number of nitrogens with zero attached hydrogens (tertiary/aromatic N) is 2. The molecule has 2 N–H and O–H groups in total. The molecule has 0 radical (unpaired) electrons. The van der Waals surface area contributed by atoms with Crippen LogP contribution in [0.4, 0.5) is 5.13 Å². The predicted molar refractivity (Wildman–Crippen MR) is 113 cm³/mol. The zero-order chi connectivity index (χ0) is 19.0. The van der Waals surface area contributed by atoms with Crippen LogP contribution in [-0.2, 0) is 6.42 Å². The van der Waals surface area contributed by atoms with Gasteiger partial charge in [0.25, 0.3) is 5.91 Å². The minimum absolute atomic E-state index is 0.139. The molecule has 3 heterocycles. The van der Waals surface area contributed by atoms with Gasteiger partial charge in [0.2, 0.25) is 0 Å². The Morgan fingerprint density at radius 2 is 2.07 bits per heavy atom. The van der Waals surface area contributed by atoms with E-state index in [2.05, 4.69) is 40.2 Å². The molecular formula is C20H20N4OS2. The van der Waals surface area contributed by atoms with E-state index >= 15 is 0 Å².